The summed E-state index contributed by atoms with van der Waals surface area (Å²) in [6.45, 7) is 6.37. The number of aliphatic imine (C=N–C) groups is 1. The molecule has 86 valence electrons. The molecule has 4 heteroatoms. The van der Waals surface area contributed by atoms with Crippen molar-refractivity contribution in [2.75, 3.05) is 17.6 Å². The molecule has 0 fully saturated rings. The van der Waals surface area contributed by atoms with Gasteiger partial charge in [0.25, 0.3) is 0 Å². The lowest BCUT2D eigenvalue weighted by atomic mass is 10.3. The maximum atomic E-state index is 5.82. The highest BCUT2D eigenvalue weighted by molar-refractivity contribution is 8.14. The molecule has 0 unspecified atom stereocenters. The first-order valence-corrected chi connectivity index (χ1v) is 6.43. The predicted molar refractivity (Wildman–Crippen MR) is 75.7 cm³/mol. The SMILES string of the molecule is C=CCN=C(Nc1ccc(Cl)cc1)SCC. The highest BCUT2D eigenvalue weighted by Gasteiger charge is 1.99. The lowest BCUT2D eigenvalue weighted by Gasteiger charge is -2.08. The summed E-state index contributed by atoms with van der Waals surface area (Å²) in [5, 5.41) is 4.89. The first-order valence-electron chi connectivity index (χ1n) is 5.07. The Morgan fingerprint density at radius 1 is 1.50 bits per heavy atom. The van der Waals surface area contributed by atoms with Crippen molar-refractivity contribution in [1.29, 1.82) is 0 Å². The van der Waals surface area contributed by atoms with Crippen LogP contribution in [0.2, 0.25) is 5.02 Å². The number of rotatable bonds is 4. The fourth-order valence-electron chi connectivity index (χ4n) is 1.06. The molecule has 16 heavy (non-hydrogen) atoms. The second kappa shape index (κ2) is 7.36. The van der Waals surface area contributed by atoms with Crippen molar-refractivity contribution in [3.05, 3.63) is 41.9 Å². The molecular formula is C12H15ClN2S. The van der Waals surface area contributed by atoms with Gasteiger partial charge < -0.3 is 5.32 Å². The van der Waals surface area contributed by atoms with Gasteiger partial charge in [-0.2, -0.15) is 0 Å². The number of nitrogens with one attached hydrogen (secondary N) is 1. The molecule has 1 rings (SSSR count). The molecular weight excluding hydrogens is 240 g/mol. The minimum absolute atomic E-state index is 0.628. The van der Waals surface area contributed by atoms with E-state index >= 15 is 0 Å². The van der Waals surface area contributed by atoms with Crippen molar-refractivity contribution in [1.82, 2.24) is 0 Å². The molecule has 1 aromatic carbocycles. The highest BCUT2D eigenvalue weighted by Crippen LogP contribution is 2.15. The van der Waals surface area contributed by atoms with Crippen molar-refractivity contribution in [3.8, 4) is 0 Å². The van der Waals surface area contributed by atoms with E-state index in [9.17, 15) is 0 Å². The summed E-state index contributed by atoms with van der Waals surface area (Å²) in [4.78, 5) is 4.37. The van der Waals surface area contributed by atoms with Gasteiger partial charge in [0.05, 0.1) is 6.54 Å². The van der Waals surface area contributed by atoms with Gasteiger partial charge in [0.2, 0.25) is 0 Å². The minimum atomic E-state index is 0.628. The Morgan fingerprint density at radius 3 is 2.75 bits per heavy atom. The van der Waals surface area contributed by atoms with E-state index in [1.807, 2.05) is 24.3 Å². The van der Waals surface area contributed by atoms with Crippen LogP contribution in [0.3, 0.4) is 0 Å². The van der Waals surface area contributed by atoms with Gasteiger partial charge in [0, 0.05) is 10.7 Å². The molecule has 0 aliphatic carbocycles. The maximum absolute atomic E-state index is 5.82. The summed E-state index contributed by atoms with van der Waals surface area (Å²) in [5.41, 5.74) is 0.994. The molecule has 0 atom stereocenters. The van der Waals surface area contributed by atoms with E-state index in [2.05, 4.69) is 23.8 Å². The number of thioether (sulfide) groups is 1. The lowest BCUT2D eigenvalue weighted by molar-refractivity contribution is 1.25. The van der Waals surface area contributed by atoms with Crippen molar-refractivity contribution < 1.29 is 0 Å². The van der Waals surface area contributed by atoms with Crippen molar-refractivity contribution in [2.45, 2.75) is 6.92 Å². The Kier molecular flexibility index (Phi) is 6.04. The molecule has 0 aliphatic rings. The van der Waals surface area contributed by atoms with Crippen LogP contribution in [0.15, 0.2) is 41.9 Å². The van der Waals surface area contributed by atoms with Crippen molar-refractivity contribution >= 4 is 34.2 Å². The van der Waals surface area contributed by atoms with E-state index in [1.54, 1.807) is 17.8 Å². The van der Waals surface area contributed by atoms with Gasteiger partial charge in [-0.1, -0.05) is 36.4 Å². The zero-order chi connectivity index (χ0) is 11.8. The number of benzene rings is 1. The largest absolute Gasteiger partial charge is 0.335 e. The molecule has 0 radical (unpaired) electrons. The molecule has 1 aromatic rings. The monoisotopic (exact) mass is 254 g/mol. The standard InChI is InChI=1S/C12H15ClN2S/c1-3-9-14-12(16-4-2)15-11-7-5-10(13)6-8-11/h3,5-8H,1,4,9H2,2H3,(H,14,15). The van der Waals surface area contributed by atoms with Gasteiger partial charge in [-0.25, -0.2) is 0 Å². The number of nitrogens with zero attached hydrogens (tertiary/aromatic N) is 1. The highest BCUT2D eigenvalue weighted by atomic mass is 35.5. The Labute approximate surface area is 106 Å². The molecule has 2 nitrogen and oxygen atoms in total. The van der Waals surface area contributed by atoms with Gasteiger partial charge in [-0.05, 0) is 30.0 Å². The quantitative estimate of drug-likeness (QED) is 0.498. The van der Waals surface area contributed by atoms with Gasteiger partial charge in [0.15, 0.2) is 5.17 Å². The topological polar surface area (TPSA) is 24.4 Å². The van der Waals surface area contributed by atoms with Crippen LogP contribution in [0.5, 0.6) is 0 Å². The van der Waals surface area contributed by atoms with Gasteiger partial charge in [0.1, 0.15) is 0 Å². The van der Waals surface area contributed by atoms with E-state index < -0.39 is 0 Å². The molecule has 0 heterocycles. The fraction of sp³-hybridized carbons (Fsp3) is 0.250. The summed E-state index contributed by atoms with van der Waals surface area (Å²) in [7, 11) is 0. The third-order valence-corrected chi connectivity index (χ3v) is 2.79. The van der Waals surface area contributed by atoms with Crippen LogP contribution in [0, 0.1) is 0 Å². The average Bonchev–Trinajstić information content (AvgIpc) is 2.29. The van der Waals surface area contributed by atoms with Gasteiger partial charge >= 0.3 is 0 Å². The summed E-state index contributed by atoms with van der Waals surface area (Å²) < 4.78 is 0. The fourth-order valence-corrected chi connectivity index (χ4v) is 1.82. The Hall–Kier alpha value is -0.930. The zero-order valence-corrected chi connectivity index (χ0v) is 10.8. The first kappa shape index (κ1) is 13.1. The molecule has 0 spiro atoms. The van der Waals surface area contributed by atoms with Gasteiger partial charge in [-0.15, -0.1) is 6.58 Å². The normalized spacial score (nSPS) is 11.2. The zero-order valence-electron chi connectivity index (χ0n) is 9.24. The van der Waals surface area contributed by atoms with Crippen LogP contribution in [0.25, 0.3) is 0 Å². The Bertz CT molecular complexity index is 360. The Balaban J connectivity index is 2.67. The van der Waals surface area contributed by atoms with E-state index in [0.29, 0.717) is 6.54 Å². The molecule has 0 saturated carbocycles. The lowest BCUT2D eigenvalue weighted by Crippen LogP contribution is -2.08. The van der Waals surface area contributed by atoms with E-state index in [1.165, 1.54) is 0 Å². The van der Waals surface area contributed by atoms with E-state index in [0.717, 1.165) is 21.6 Å². The molecule has 0 aliphatic heterocycles. The summed E-state index contributed by atoms with van der Waals surface area (Å²) in [5.74, 6) is 0.983. The predicted octanol–water partition coefficient (Wildman–Crippen LogP) is 4.05. The second-order valence-electron chi connectivity index (χ2n) is 3.00. The number of hydrogen-bond donors (Lipinski definition) is 1. The third kappa shape index (κ3) is 4.73. The number of hydrogen-bond acceptors (Lipinski definition) is 2. The van der Waals surface area contributed by atoms with E-state index in [-0.39, 0.29) is 0 Å². The second-order valence-corrected chi connectivity index (χ2v) is 4.69. The molecule has 0 saturated heterocycles. The van der Waals surface area contributed by atoms with Crippen LogP contribution in [-0.4, -0.2) is 17.5 Å². The minimum Gasteiger partial charge on any atom is -0.335 e. The third-order valence-electron chi connectivity index (χ3n) is 1.74. The average molecular weight is 255 g/mol. The van der Waals surface area contributed by atoms with Crippen LogP contribution in [-0.2, 0) is 0 Å². The van der Waals surface area contributed by atoms with Crippen molar-refractivity contribution in [3.63, 3.8) is 0 Å². The van der Waals surface area contributed by atoms with Crippen LogP contribution in [0.1, 0.15) is 6.92 Å². The molecule has 0 amide bonds. The number of halogens is 1. The van der Waals surface area contributed by atoms with Crippen molar-refractivity contribution in [2.24, 2.45) is 4.99 Å². The van der Waals surface area contributed by atoms with E-state index in [4.69, 9.17) is 11.6 Å². The van der Waals surface area contributed by atoms with Crippen LogP contribution < -0.4 is 5.32 Å². The smallest absolute Gasteiger partial charge is 0.161 e. The van der Waals surface area contributed by atoms with Crippen LogP contribution in [0.4, 0.5) is 5.69 Å². The molecule has 0 aromatic heterocycles. The Morgan fingerprint density at radius 2 is 2.19 bits per heavy atom. The summed E-state index contributed by atoms with van der Waals surface area (Å²) >= 11 is 7.49. The van der Waals surface area contributed by atoms with Gasteiger partial charge in [-0.3, -0.25) is 4.99 Å². The summed E-state index contributed by atoms with van der Waals surface area (Å²) in [6.07, 6.45) is 1.78. The maximum Gasteiger partial charge on any atom is 0.161 e. The van der Waals surface area contributed by atoms with Crippen LogP contribution >= 0.6 is 23.4 Å². The first-order chi connectivity index (χ1) is 7.76. The molecule has 0 bridgehead atoms. The molecule has 1 N–H and O–H groups in total. The summed E-state index contributed by atoms with van der Waals surface area (Å²) in [6, 6.07) is 7.57. The number of amidine groups is 1. The number of anilines is 1.